The van der Waals surface area contributed by atoms with E-state index in [4.69, 9.17) is 0 Å². The fourth-order valence-corrected chi connectivity index (χ4v) is 2.47. The number of rotatable bonds is 8. The molecule has 0 N–H and O–H groups in total. The van der Waals surface area contributed by atoms with Crippen LogP contribution >= 0.6 is 0 Å². The van der Waals surface area contributed by atoms with Gasteiger partial charge in [-0.15, -0.1) is 0 Å². The summed E-state index contributed by atoms with van der Waals surface area (Å²) in [5, 5.41) is 0. The maximum absolute atomic E-state index is 13.7. The molecule has 0 saturated heterocycles. The van der Waals surface area contributed by atoms with E-state index in [-0.39, 0.29) is 30.6 Å². The zero-order chi connectivity index (χ0) is 19.1. The number of benzene rings is 2. The molecule has 0 fully saturated rings. The van der Waals surface area contributed by atoms with Gasteiger partial charge in [-0.25, -0.2) is 4.39 Å². The summed E-state index contributed by atoms with van der Waals surface area (Å²) in [5.41, 5.74) is 1.32. The third-order valence-electron chi connectivity index (χ3n) is 3.80. The summed E-state index contributed by atoms with van der Waals surface area (Å²) in [5.74, 6) is -0.396. The number of nitrogens with zero attached hydrogens (tertiary/aromatic N) is 2. The molecule has 0 heterocycles. The third kappa shape index (κ3) is 6.07. The fraction of sp³-hybridized carbons (Fsp3) is 0.316. The van der Waals surface area contributed by atoms with Gasteiger partial charge in [-0.2, -0.15) is 8.78 Å². The molecule has 1 amide bonds. The highest BCUT2D eigenvalue weighted by Gasteiger charge is 2.14. The zero-order valence-electron chi connectivity index (χ0n) is 14.7. The molecule has 0 unspecified atom stereocenters. The Balaban J connectivity index is 1.85. The summed E-state index contributed by atoms with van der Waals surface area (Å²) < 4.78 is 42.2. The lowest BCUT2D eigenvalue weighted by atomic mass is 10.2. The Hall–Kier alpha value is -2.54. The molecule has 0 saturated carbocycles. The predicted molar refractivity (Wildman–Crippen MR) is 92.3 cm³/mol. The van der Waals surface area contributed by atoms with Crippen LogP contribution in [0.4, 0.5) is 13.2 Å². The third-order valence-corrected chi connectivity index (χ3v) is 3.80. The normalized spacial score (nSPS) is 11.0. The largest absolute Gasteiger partial charge is 0.435 e. The van der Waals surface area contributed by atoms with Crippen LogP contribution in [0.15, 0.2) is 48.5 Å². The van der Waals surface area contributed by atoms with Gasteiger partial charge in [-0.05, 0) is 30.8 Å². The van der Waals surface area contributed by atoms with Gasteiger partial charge in [0.05, 0.1) is 6.54 Å². The van der Waals surface area contributed by atoms with Crippen LogP contribution in [0.5, 0.6) is 5.75 Å². The highest BCUT2D eigenvalue weighted by Crippen LogP contribution is 2.16. The molecule has 4 nitrogen and oxygen atoms in total. The first kappa shape index (κ1) is 19.8. The van der Waals surface area contributed by atoms with Crippen LogP contribution in [-0.2, 0) is 17.9 Å². The summed E-state index contributed by atoms with van der Waals surface area (Å²) in [4.78, 5) is 15.6. The smallest absolute Gasteiger partial charge is 0.387 e. The van der Waals surface area contributed by atoms with Gasteiger partial charge < -0.3 is 9.64 Å². The maximum Gasteiger partial charge on any atom is 0.387 e. The van der Waals surface area contributed by atoms with Crippen molar-refractivity contribution in [2.75, 3.05) is 20.6 Å². The standard InChI is InChI=1S/C19H21F3N2O2/c1-23(11-14-7-9-16(10-8-14)26-19(21)22)13-18(25)24(2)12-15-5-3-4-6-17(15)20/h3-10,19H,11-13H2,1-2H3. The van der Waals surface area contributed by atoms with E-state index in [0.717, 1.165) is 5.56 Å². The number of hydrogen-bond donors (Lipinski definition) is 0. The molecule has 2 aromatic carbocycles. The number of ether oxygens (including phenoxy) is 1. The molecule has 0 aliphatic rings. The fourth-order valence-electron chi connectivity index (χ4n) is 2.47. The molecule has 0 bridgehead atoms. The Morgan fingerprint density at radius 2 is 1.69 bits per heavy atom. The molecular weight excluding hydrogens is 345 g/mol. The first-order valence-corrected chi connectivity index (χ1v) is 8.05. The van der Waals surface area contributed by atoms with E-state index in [1.807, 2.05) is 0 Å². The maximum atomic E-state index is 13.7. The van der Waals surface area contributed by atoms with Gasteiger partial charge in [0, 0.05) is 25.7 Å². The molecule has 0 aliphatic heterocycles. The number of hydrogen-bond acceptors (Lipinski definition) is 3. The number of carbonyl (C=O) groups excluding carboxylic acids is 1. The van der Waals surface area contributed by atoms with E-state index in [0.29, 0.717) is 12.1 Å². The average molecular weight is 366 g/mol. The van der Waals surface area contributed by atoms with Gasteiger partial charge in [-0.1, -0.05) is 30.3 Å². The summed E-state index contributed by atoms with van der Waals surface area (Å²) in [7, 11) is 3.40. The van der Waals surface area contributed by atoms with Crippen molar-refractivity contribution in [1.29, 1.82) is 0 Å². The lowest BCUT2D eigenvalue weighted by Gasteiger charge is -2.22. The Bertz CT molecular complexity index is 723. The lowest BCUT2D eigenvalue weighted by molar-refractivity contribution is -0.131. The second kappa shape index (κ2) is 9.24. The van der Waals surface area contributed by atoms with Gasteiger partial charge >= 0.3 is 6.61 Å². The summed E-state index contributed by atoms with van der Waals surface area (Å²) in [6.45, 7) is -2.04. The van der Waals surface area contributed by atoms with Crippen LogP contribution < -0.4 is 4.74 Å². The van der Waals surface area contributed by atoms with E-state index in [1.54, 1.807) is 49.3 Å². The van der Waals surface area contributed by atoms with Gasteiger partial charge in [-0.3, -0.25) is 9.69 Å². The van der Waals surface area contributed by atoms with Gasteiger partial charge in [0.1, 0.15) is 11.6 Å². The molecule has 0 aliphatic carbocycles. The first-order valence-electron chi connectivity index (χ1n) is 8.05. The van der Waals surface area contributed by atoms with Crippen molar-refractivity contribution in [2.24, 2.45) is 0 Å². The van der Waals surface area contributed by atoms with Crippen molar-refractivity contribution in [3.63, 3.8) is 0 Å². The van der Waals surface area contributed by atoms with Crippen molar-refractivity contribution in [3.05, 3.63) is 65.5 Å². The Morgan fingerprint density at radius 3 is 2.31 bits per heavy atom. The minimum atomic E-state index is -2.86. The Kier molecular flexibility index (Phi) is 7.03. The van der Waals surface area contributed by atoms with Crippen molar-refractivity contribution in [1.82, 2.24) is 9.80 Å². The molecule has 0 atom stereocenters. The van der Waals surface area contributed by atoms with Crippen LogP contribution in [0, 0.1) is 5.82 Å². The summed E-state index contributed by atoms with van der Waals surface area (Å²) in [6.07, 6.45) is 0. The minimum Gasteiger partial charge on any atom is -0.435 e. The number of likely N-dealkylation sites (N-methyl/N-ethyl adjacent to an activating group) is 2. The average Bonchev–Trinajstić information content (AvgIpc) is 2.58. The van der Waals surface area contributed by atoms with Gasteiger partial charge in [0.15, 0.2) is 0 Å². The van der Waals surface area contributed by atoms with Gasteiger partial charge in [0.2, 0.25) is 5.91 Å². The molecule has 0 radical (unpaired) electrons. The van der Waals surface area contributed by atoms with Crippen LogP contribution in [0.2, 0.25) is 0 Å². The number of halogens is 3. The number of alkyl halides is 2. The molecule has 0 spiro atoms. The van der Waals surface area contributed by atoms with Crippen molar-refractivity contribution >= 4 is 5.91 Å². The Morgan fingerprint density at radius 1 is 1.04 bits per heavy atom. The minimum absolute atomic E-state index is 0.0899. The SMILES string of the molecule is CN(CC(=O)N(C)Cc1ccccc1F)Cc1ccc(OC(F)F)cc1. The molecule has 140 valence electrons. The van der Waals surface area contributed by atoms with Crippen LogP contribution in [0.1, 0.15) is 11.1 Å². The van der Waals surface area contributed by atoms with Crippen molar-refractivity contribution in [2.45, 2.75) is 19.7 Å². The van der Waals surface area contributed by atoms with E-state index in [1.165, 1.54) is 23.1 Å². The predicted octanol–water partition coefficient (Wildman–Crippen LogP) is 3.52. The van der Waals surface area contributed by atoms with Crippen molar-refractivity contribution < 1.29 is 22.7 Å². The van der Waals surface area contributed by atoms with Crippen LogP contribution in [0.25, 0.3) is 0 Å². The van der Waals surface area contributed by atoms with E-state index in [9.17, 15) is 18.0 Å². The molecule has 7 heteroatoms. The summed E-state index contributed by atoms with van der Waals surface area (Å²) >= 11 is 0. The van der Waals surface area contributed by atoms with E-state index in [2.05, 4.69) is 4.74 Å². The van der Waals surface area contributed by atoms with Crippen molar-refractivity contribution in [3.8, 4) is 5.75 Å². The van der Waals surface area contributed by atoms with E-state index >= 15 is 0 Å². The molecule has 26 heavy (non-hydrogen) atoms. The zero-order valence-corrected chi connectivity index (χ0v) is 14.7. The molecule has 2 aromatic rings. The quantitative estimate of drug-likeness (QED) is 0.717. The topological polar surface area (TPSA) is 32.8 Å². The number of amides is 1. The molecular formula is C19H21F3N2O2. The Labute approximate surface area is 150 Å². The second-order valence-electron chi connectivity index (χ2n) is 6.04. The second-order valence-corrected chi connectivity index (χ2v) is 6.04. The lowest BCUT2D eigenvalue weighted by Crippen LogP contribution is -2.36. The highest BCUT2D eigenvalue weighted by atomic mass is 19.3. The monoisotopic (exact) mass is 366 g/mol. The van der Waals surface area contributed by atoms with Crippen LogP contribution in [-0.4, -0.2) is 43.0 Å². The number of carbonyl (C=O) groups is 1. The van der Waals surface area contributed by atoms with Gasteiger partial charge in [0.25, 0.3) is 0 Å². The molecule has 0 aromatic heterocycles. The van der Waals surface area contributed by atoms with E-state index < -0.39 is 6.61 Å². The molecule has 2 rings (SSSR count). The summed E-state index contributed by atoms with van der Waals surface area (Å²) in [6, 6.07) is 12.6. The first-order chi connectivity index (χ1) is 12.3. The van der Waals surface area contributed by atoms with Crippen LogP contribution in [0.3, 0.4) is 0 Å². The highest BCUT2D eigenvalue weighted by molar-refractivity contribution is 5.77.